The Balaban J connectivity index is 2.38. The fourth-order valence-corrected chi connectivity index (χ4v) is 2.25. The predicted molar refractivity (Wildman–Crippen MR) is 92.7 cm³/mol. The van der Waals surface area contributed by atoms with Gasteiger partial charge in [-0.15, -0.1) is 0 Å². The maximum atomic E-state index is 12.8. The van der Waals surface area contributed by atoms with Crippen LogP contribution in [-0.4, -0.2) is 24.5 Å². The number of esters is 1. The summed E-state index contributed by atoms with van der Waals surface area (Å²) in [5.74, 6) is -0.373. The zero-order chi connectivity index (χ0) is 17.9. The summed E-state index contributed by atoms with van der Waals surface area (Å²) in [6.07, 6.45) is 6.13. The molecule has 4 nitrogen and oxygen atoms in total. The molecule has 0 unspecified atom stereocenters. The van der Waals surface area contributed by atoms with E-state index >= 15 is 0 Å². The van der Waals surface area contributed by atoms with Gasteiger partial charge >= 0.3 is 5.97 Å². The van der Waals surface area contributed by atoms with Crippen molar-refractivity contribution in [1.29, 1.82) is 0 Å². The van der Waals surface area contributed by atoms with E-state index in [-0.39, 0.29) is 17.8 Å². The first-order chi connectivity index (χ1) is 11.4. The van der Waals surface area contributed by atoms with Crippen molar-refractivity contribution in [2.75, 3.05) is 0 Å². The number of halogens is 1. The minimum atomic E-state index is -0.597. The van der Waals surface area contributed by atoms with E-state index in [1.807, 2.05) is 32.9 Å². The molecule has 0 saturated carbocycles. The van der Waals surface area contributed by atoms with Crippen molar-refractivity contribution >= 4 is 18.5 Å². The Morgan fingerprint density at radius 3 is 2.50 bits per heavy atom. The van der Waals surface area contributed by atoms with Crippen molar-refractivity contribution in [1.82, 2.24) is 5.32 Å². The van der Waals surface area contributed by atoms with Gasteiger partial charge in [0.05, 0.1) is 6.10 Å². The van der Waals surface area contributed by atoms with Crippen LogP contribution in [0.2, 0.25) is 0 Å². The van der Waals surface area contributed by atoms with Crippen molar-refractivity contribution in [2.24, 2.45) is 5.92 Å². The van der Waals surface area contributed by atoms with E-state index in [0.717, 1.165) is 12.0 Å². The van der Waals surface area contributed by atoms with Gasteiger partial charge in [0, 0.05) is 0 Å². The van der Waals surface area contributed by atoms with Crippen LogP contribution in [0.15, 0.2) is 30.3 Å². The molecule has 1 amide bonds. The number of carbonyl (C=O) groups is 2. The number of ether oxygens (including phenoxy) is 1. The Hall–Kier alpha value is -2.17. The Labute approximate surface area is 143 Å². The summed E-state index contributed by atoms with van der Waals surface area (Å²) >= 11 is 0. The minimum Gasteiger partial charge on any atom is -0.461 e. The maximum Gasteiger partial charge on any atom is 0.328 e. The Bertz CT molecular complexity index is 540. The van der Waals surface area contributed by atoms with Crippen LogP contribution in [0, 0.1) is 11.7 Å². The Morgan fingerprint density at radius 1 is 1.25 bits per heavy atom. The molecule has 24 heavy (non-hydrogen) atoms. The standard InChI is InChI=1S/C19H26FNO3/c1-14(2)12-18(21-13-22)19(23)24-15(3)6-4-5-7-16-8-10-17(20)11-9-16/h5,7-11,13-15,18H,4,6,12H2,1-3H3,(H,21,22)/b7-5+/t15-,18+/m1/s1. The molecule has 5 heteroatoms. The third-order valence-electron chi connectivity index (χ3n) is 3.50. The van der Waals surface area contributed by atoms with E-state index < -0.39 is 12.0 Å². The van der Waals surface area contributed by atoms with E-state index in [1.165, 1.54) is 12.1 Å². The number of benzene rings is 1. The summed E-state index contributed by atoms with van der Waals surface area (Å²) in [6.45, 7) is 5.80. The summed E-state index contributed by atoms with van der Waals surface area (Å²) in [4.78, 5) is 22.7. The molecule has 0 aromatic heterocycles. The van der Waals surface area contributed by atoms with Crippen molar-refractivity contribution in [2.45, 2.75) is 52.2 Å². The number of rotatable bonds is 10. The average molecular weight is 335 g/mol. The van der Waals surface area contributed by atoms with Crippen LogP contribution in [0.4, 0.5) is 4.39 Å². The van der Waals surface area contributed by atoms with Gasteiger partial charge in [0.15, 0.2) is 0 Å². The molecule has 2 atom stereocenters. The lowest BCUT2D eigenvalue weighted by molar-refractivity contribution is -0.152. The number of nitrogens with one attached hydrogen (secondary N) is 1. The third-order valence-corrected chi connectivity index (χ3v) is 3.50. The van der Waals surface area contributed by atoms with Crippen LogP contribution >= 0.6 is 0 Å². The second-order valence-corrected chi connectivity index (χ2v) is 6.25. The lowest BCUT2D eigenvalue weighted by Gasteiger charge is -2.20. The van der Waals surface area contributed by atoms with Gasteiger partial charge in [-0.1, -0.05) is 38.1 Å². The van der Waals surface area contributed by atoms with Crippen molar-refractivity contribution < 1.29 is 18.7 Å². The summed E-state index contributed by atoms with van der Waals surface area (Å²) in [6, 6.07) is 5.64. The van der Waals surface area contributed by atoms with Crippen LogP contribution in [0.25, 0.3) is 6.08 Å². The molecular formula is C19H26FNO3. The first-order valence-electron chi connectivity index (χ1n) is 8.24. The molecule has 0 aliphatic rings. The second-order valence-electron chi connectivity index (χ2n) is 6.25. The number of hydrogen-bond acceptors (Lipinski definition) is 3. The minimum absolute atomic E-state index is 0.238. The zero-order valence-electron chi connectivity index (χ0n) is 14.5. The molecule has 1 aromatic carbocycles. The molecule has 0 saturated heterocycles. The average Bonchev–Trinajstić information content (AvgIpc) is 2.52. The van der Waals surface area contributed by atoms with Gasteiger partial charge in [-0.3, -0.25) is 4.79 Å². The fraction of sp³-hybridized carbons (Fsp3) is 0.474. The van der Waals surface area contributed by atoms with Gasteiger partial charge in [-0.25, -0.2) is 9.18 Å². The molecule has 0 spiro atoms. The Kier molecular flexibility index (Phi) is 8.76. The molecule has 1 N–H and O–H groups in total. The summed E-state index contributed by atoms with van der Waals surface area (Å²) < 4.78 is 18.2. The number of carbonyl (C=O) groups excluding carboxylic acids is 2. The fourth-order valence-electron chi connectivity index (χ4n) is 2.25. The van der Waals surface area contributed by atoms with E-state index in [0.29, 0.717) is 19.3 Å². The van der Waals surface area contributed by atoms with Crippen molar-refractivity contribution in [3.63, 3.8) is 0 Å². The molecule has 0 aliphatic carbocycles. The van der Waals surface area contributed by atoms with Gasteiger partial charge in [-0.2, -0.15) is 0 Å². The Morgan fingerprint density at radius 2 is 1.92 bits per heavy atom. The van der Waals surface area contributed by atoms with Gasteiger partial charge in [0.2, 0.25) is 6.41 Å². The summed E-state index contributed by atoms with van der Waals surface area (Å²) in [5.41, 5.74) is 0.924. The lowest BCUT2D eigenvalue weighted by atomic mass is 10.0. The van der Waals surface area contributed by atoms with E-state index in [1.54, 1.807) is 12.1 Å². The normalized spacial score (nSPS) is 13.7. The van der Waals surface area contributed by atoms with Gasteiger partial charge < -0.3 is 10.1 Å². The maximum absolute atomic E-state index is 12.8. The topological polar surface area (TPSA) is 55.4 Å². The molecular weight excluding hydrogens is 309 g/mol. The van der Waals surface area contributed by atoms with Crippen LogP contribution in [0.5, 0.6) is 0 Å². The van der Waals surface area contributed by atoms with Crippen LogP contribution in [0.3, 0.4) is 0 Å². The third kappa shape index (κ3) is 7.90. The molecule has 0 heterocycles. The van der Waals surface area contributed by atoms with E-state index in [4.69, 9.17) is 4.74 Å². The molecule has 1 rings (SSSR count). The number of hydrogen-bond donors (Lipinski definition) is 1. The summed E-state index contributed by atoms with van der Waals surface area (Å²) in [7, 11) is 0. The van der Waals surface area contributed by atoms with Crippen LogP contribution in [0.1, 0.15) is 45.6 Å². The van der Waals surface area contributed by atoms with Gasteiger partial charge in [0.25, 0.3) is 0 Å². The van der Waals surface area contributed by atoms with Crippen molar-refractivity contribution in [3.05, 3.63) is 41.7 Å². The quantitative estimate of drug-likeness (QED) is 0.524. The highest BCUT2D eigenvalue weighted by atomic mass is 19.1. The first-order valence-corrected chi connectivity index (χ1v) is 8.24. The van der Waals surface area contributed by atoms with E-state index in [9.17, 15) is 14.0 Å². The molecule has 0 aliphatic heterocycles. The molecule has 1 aromatic rings. The van der Waals surface area contributed by atoms with Crippen LogP contribution < -0.4 is 5.32 Å². The highest BCUT2D eigenvalue weighted by molar-refractivity contribution is 5.78. The summed E-state index contributed by atoms with van der Waals surface area (Å²) in [5, 5.41) is 2.51. The lowest BCUT2D eigenvalue weighted by Crippen LogP contribution is -2.39. The van der Waals surface area contributed by atoms with Crippen molar-refractivity contribution in [3.8, 4) is 0 Å². The number of amides is 1. The molecule has 0 bridgehead atoms. The molecule has 0 fully saturated rings. The van der Waals surface area contributed by atoms with E-state index in [2.05, 4.69) is 5.32 Å². The largest absolute Gasteiger partial charge is 0.461 e. The number of allylic oxidation sites excluding steroid dienone is 1. The molecule has 132 valence electrons. The first kappa shape index (κ1) is 19.9. The highest BCUT2D eigenvalue weighted by Gasteiger charge is 2.22. The van der Waals surface area contributed by atoms with Gasteiger partial charge in [0.1, 0.15) is 11.9 Å². The zero-order valence-corrected chi connectivity index (χ0v) is 14.5. The monoisotopic (exact) mass is 335 g/mol. The van der Waals surface area contributed by atoms with Crippen LogP contribution in [-0.2, 0) is 14.3 Å². The highest BCUT2D eigenvalue weighted by Crippen LogP contribution is 2.11. The second kappa shape index (κ2) is 10.6. The SMILES string of the molecule is CC(C)C[C@H](NC=O)C(=O)O[C@H](C)CC/C=C/c1ccc(F)cc1. The predicted octanol–water partition coefficient (Wildman–Crippen LogP) is 3.71. The van der Waals surface area contributed by atoms with Gasteiger partial charge in [-0.05, 0) is 49.8 Å². The smallest absolute Gasteiger partial charge is 0.328 e. The molecule has 0 radical (unpaired) electrons.